The lowest BCUT2D eigenvalue weighted by atomic mass is 9.96. The SMILES string of the molecule is CNCC(CCc1ccc(C)c(C)c1)CN1CCCCC1. The molecule has 1 aliphatic heterocycles. The maximum Gasteiger partial charge on any atom is 0.00219 e. The highest BCUT2D eigenvalue weighted by Crippen LogP contribution is 2.17. The van der Waals surface area contributed by atoms with Gasteiger partial charge >= 0.3 is 0 Å². The molecule has 2 rings (SSSR count). The van der Waals surface area contributed by atoms with Gasteiger partial charge in [-0.25, -0.2) is 0 Å². The average Bonchev–Trinajstić information content (AvgIpc) is 2.49. The van der Waals surface area contributed by atoms with Crippen LogP contribution in [0.4, 0.5) is 0 Å². The fourth-order valence-electron chi connectivity index (χ4n) is 3.38. The molecule has 1 aromatic rings. The van der Waals surface area contributed by atoms with Gasteiger partial charge in [0.25, 0.3) is 0 Å². The molecule has 2 nitrogen and oxygen atoms in total. The molecule has 0 radical (unpaired) electrons. The Hall–Kier alpha value is -0.860. The number of hydrogen-bond acceptors (Lipinski definition) is 2. The Morgan fingerprint density at radius 1 is 1.10 bits per heavy atom. The lowest BCUT2D eigenvalue weighted by molar-refractivity contribution is 0.190. The lowest BCUT2D eigenvalue weighted by Crippen LogP contribution is -2.37. The van der Waals surface area contributed by atoms with E-state index < -0.39 is 0 Å². The smallest absolute Gasteiger partial charge is 0.00219 e. The van der Waals surface area contributed by atoms with E-state index in [1.54, 1.807) is 0 Å². The Kier molecular flexibility index (Phi) is 6.72. The third-order valence-corrected chi connectivity index (χ3v) is 4.87. The van der Waals surface area contributed by atoms with E-state index in [4.69, 9.17) is 0 Å². The monoisotopic (exact) mass is 288 g/mol. The van der Waals surface area contributed by atoms with Crippen LogP contribution in [0.3, 0.4) is 0 Å². The van der Waals surface area contributed by atoms with Gasteiger partial charge in [-0.3, -0.25) is 0 Å². The fraction of sp³-hybridized carbons (Fsp3) is 0.684. The van der Waals surface area contributed by atoms with Crippen LogP contribution in [-0.4, -0.2) is 38.1 Å². The van der Waals surface area contributed by atoms with Gasteiger partial charge in [-0.1, -0.05) is 24.6 Å². The zero-order chi connectivity index (χ0) is 15.1. The van der Waals surface area contributed by atoms with Gasteiger partial charge in [0.2, 0.25) is 0 Å². The second kappa shape index (κ2) is 8.55. The van der Waals surface area contributed by atoms with Crippen LogP contribution in [0.2, 0.25) is 0 Å². The van der Waals surface area contributed by atoms with Gasteiger partial charge in [0.15, 0.2) is 0 Å². The van der Waals surface area contributed by atoms with Gasteiger partial charge in [0.1, 0.15) is 0 Å². The molecule has 21 heavy (non-hydrogen) atoms. The van der Waals surface area contributed by atoms with E-state index in [1.165, 1.54) is 68.4 Å². The molecule has 1 heterocycles. The molecule has 1 atom stereocenters. The lowest BCUT2D eigenvalue weighted by Gasteiger charge is -2.30. The van der Waals surface area contributed by atoms with Gasteiger partial charge in [-0.05, 0) is 88.8 Å². The molecule has 1 aromatic carbocycles. The van der Waals surface area contributed by atoms with E-state index in [1.807, 2.05) is 0 Å². The summed E-state index contributed by atoms with van der Waals surface area (Å²) in [5.41, 5.74) is 4.32. The van der Waals surface area contributed by atoms with Crippen molar-refractivity contribution in [3.05, 3.63) is 34.9 Å². The molecule has 0 spiro atoms. The zero-order valence-electron chi connectivity index (χ0n) is 14.1. The highest BCUT2D eigenvalue weighted by molar-refractivity contribution is 5.29. The number of benzene rings is 1. The van der Waals surface area contributed by atoms with Crippen LogP contribution in [0.1, 0.15) is 42.4 Å². The Bertz CT molecular complexity index is 422. The maximum atomic E-state index is 3.39. The number of nitrogens with one attached hydrogen (secondary N) is 1. The van der Waals surface area contributed by atoms with Crippen LogP contribution in [0.15, 0.2) is 18.2 Å². The minimum atomic E-state index is 0.773. The third-order valence-electron chi connectivity index (χ3n) is 4.87. The quantitative estimate of drug-likeness (QED) is 0.825. The van der Waals surface area contributed by atoms with Gasteiger partial charge in [0.05, 0.1) is 0 Å². The van der Waals surface area contributed by atoms with Crippen molar-refractivity contribution in [2.75, 3.05) is 33.2 Å². The van der Waals surface area contributed by atoms with Crippen molar-refractivity contribution in [3.63, 3.8) is 0 Å². The number of rotatable bonds is 7. The molecule has 1 aliphatic rings. The summed E-state index contributed by atoms with van der Waals surface area (Å²) in [5, 5.41) is 3.39. The average molecular weight is 288 g/mol. The molecular formula is C19H32N2. The van der Waals surface area contributed by atoms with Crippen molar-refractivity contribution in [3.8, 4) is 0 Å². The van der Waals surface area contributed by atoms with E-state index in [0.717, 1.165) is 12.5 Å². The van der Waals surface area contributed by atoms with Crippen LogP contribution < -0.4 is 5.32 Å². The highest BCUT2D eigenvalue weighted by atomic mass is 15.1. The predicted molar refractivity (Wildman–Crippen MR) is 91.9 cm³/mol. The Morgan fingerprint density at radius 3 is 2.52 bits per heavy atom. The number of hydrogen-bond donors (Lipinski definition) is 1. The summed E-state index contributed by atoms with van der Waals surface area (Å²) < 4.78 is 0. The van der Waals surface area contributed by atoms with Crippen molar-refractivity contribution >= 4 is 0 Å². The van der Waals surface area contributed by atoms with Crippen LogP contribution >= 0.6 is 0 Å². The molecule has 0 aromatic heterocycles. The van der Waals surface area contributed by atoms with E-state index in [-0.39, 0.29) is 0 Å². The van der Waals surface area contributed by atoms with Crippen LogP contribution in [0.5, 0.6) is 0 Å². The van der Waals surface area contributed by atoms with E-state index in [2.05, 4.69) is 49.3 Å². The minimum absolute atomic E-state index is 0.773. The second-order valence-corrected chi connectivity index (χ2v) is 6.74. The first kappa shape index (κ1) is 16.5. The van der Waals surface area contributed by atoms with Gasteiger partial charge < -0.3 is 10.2 Å². The largest absolute Gasteiger partial charge is 0.319 e. The van der Waals surface area contributed by atoms with Crippen molar-refractivity contribution in [1.29, 1.82) is 0 Å². The Labute approximate surface area is 130 Å². The molecule has 0 bridgehead atoms. The molecule has 2 heteroatoms. The molecule has 0 saturated carbocycles. The van der Waals surface area contributed by atoms with Crippen molar-refractivity contribution in [2.24, 2.45) is 5.92 Å². The minimum Gasteiger partial charge on any atom is -0.319 e. The van der Waals surface area contributed by atoms with Crippen LogP contribution in [-0.2, 0) is 6.42 Å². The molecule has 1 fully saturated rings. The molecule has 0 aliphatic carbocycles. The summed E-state index contributed by atoms with van der Waals surface area (Å²) in [6, 6.07) is 6.94. The highest BCUT2D eigenvalue weighted by Gasteiger charge is 2.16. The summed E-state index contributed by atoms with van der Waals surface area (Å²) in [7, 11) is 2.08. The van der Waals surface area contributed by atoms with Crippen molar-refractivity contribution in [1.82, 2.24) is 10.2 Å². The summed E-state index contributed by atoms with van der Waals surface area (Å²) >= 11 is 0. The van der Waals surface area contributed by atoms with Gasteiger partial charge in [0, 0.05) is 6.54 Å². The second-order valence-electron chi connectivity index (χ2n) is 6.74. The number of nitrogens with zero attached hydrogens (tertiary/aromatic N) is 1. The summed E-state index contributed by atoms with van der Waals surface area (Å²) in [4.78, 5) is 2.67. The molecule has 0 amide bonds. The normalized spacial score (nSPS) is 17.9. The Balaban J connectivity index is 1.84. The fourth-order valence-corrected chi connectivity index (χ4v) is 3.38. The molecular weight excluding hydrogens is 256 g/mol. The van der Waals surface area contributed by atoms with Crippen LogP contribution in [0, 0.1) is 19.8 Å². The Morgan fingerprint density at radius 2 is 1.86 bits per heavy atom. The first-order valence-electron chi connectivity index (χ1n) is 8.62. The predicted octanol–water partition coefficient (Wildman–Crippen LogP) is 3.56. The number of likely N-dealkylation sites (tertiary alicyclic amines) is 1. The first-order chi connectivity index (χ1) is 10.2. The van der Waals surface area contributed by atoms with Gasteiger partial charge in [-0.2, -0.15) is 0 Å². The summed E-state index contributed by atoms with van der Waals surface area (Å²) in [6.45, 7) is 9.44. The standard InChI is InChI=1S/C19H32N2/c1-16-7-8-18(13-17(16)2)9-10-19(14-20-3)15-21-11-5-4-6-12-21/h7-8,13,19-20H,4-6,9-12,14-15H2,1-3H3. The summed E-state index contributed by atoms with van der Waals surface area (Å²) in [5.74, 6) is 0.773. The molecule has 1 unspecified atom stereocenters. The van der Waals surface area contributed by atoms with E-state index in [9.17, 15) is 0 Å². The molecule has 1 saturated heterocycles. The van der Waals surface area contributed by atoms with Gasteiger partial charge in [-0.15, -0.1) is 0 Å². The number of piperidine rings is 1. The molecule has 118 valence electrons. The first-order valence-corrected chi connectivity index (χ1v) is 8.62. The van der Waals surface area contributed by atoms with Crippen molar-refractivity contribution in [2.45, 2.75) is 46.0 Å². The number of aryl methyl sites for hydroxylation is 3. The third kappa shape index (κ3) is 5.44. The summed E-state index contributed by atoms with van der Waals surface area (Å²) in [6.07, 6.45) is 6.71. The van der Waals surface area contributed by atoms with Crippen LogP contribution in [0.25, 0.3) is 0 Å². The molecule has 1 N–H and O–H groups in total. The van der Waals surface area contributed by atoms with Crippen molar-refractivity contribution < 1.29 is 0 Å². The van der Waals surface area contributed by atoms with E-state index in [0.29, 0.717) is 0 Å². The topological polar surface area (TPSA) is 15.3 Å². The van der Waals surface area contributed by atoms with E-state index >= 15 is 0 Å². The maximum absolute atomic E-state index is 3.39. The zero-order valence-corrected chi connectivity index (χ0v) is 14.1.